The van der Waals surface area contributed by atoms with Gasteiger partial charge in [0.2, 0.25) is 15.6 Å². The quantitative estimate of drug-likeness (QED) is 0.686. The van der Waals surface area contributed by atoms with E-state index in [-0.39, 0.29) is 17.0 Å². The van der Waals surface area contributed by atoms with E-state index in [2.05, 4.69) is 19.7 Å². The van der Waals surface area contributed by atoms with Crippen LogP contribution in [-0.4, -0.2) is 29.9 Å². The number of hydrogen-bond acceptors (Lipinski definition) is 4. The maximum absolute atomic E-state index is 11.8. The van der Waals surface area contributed by atoms with Crippen molar-refractivity contribution in [3.8, 4) is 0 Å². The first kappa shape index (κ1) is 12.5. The molecule has 2 aromatic heterocycles. The molecule has 0 saturated carbocycles. The summed E-state index contributed by atoms with van der Waals surface area (Å²) in [5.41, 5.74) is -0.343. The fourth-order valence-corrected chi connectivity index (χ4v) is 2.38. The minimum atomic E-state index is -3.59. The van der Waals surface area contributed by atoms with Crippen molar-refractivity contribution in [3.05, 3.63) is 46.9 Å². The SMILES string of the molecule is O=c1ccc(S(=O)(=O)NCCc2ncc[nH]2)c[nH]1. The van der Waals surface area contributed by atoms with E-state index in [0.29, 0.717) is 12.2 Å². The molecule has 0 atom stereocenters. The number of hydrogen-bond donors (Lipinski definition) is 3. The normalized spacial score (nSPS) is 11.6. The van der Waals surface area contributed by atoms with Gasteiger partial charge in [-0.2, -0.15) is 0 Å². The van der Waals surface area contributed by atoms with Crippen LogP contribution >= 0.6 is 0 Å². The molecule has 0 spiro atoms. The summed E-state index contributed by atoms with van der Waals surface area (Å²) in [4.78, 5) is 20.0. The summed E-state index contributed by atoms with van der Waals surface area (Å²) in [5, 5.41) is 0. The van der Waals surface area contributed by atoms with E-state index in [1.54, 1.807) is 12.4 Å². The number of sulfonamides is 1. The predicted molar refractivity (Wildman–Crippen MR) is 64.5 cm³/mol. The monoisotopic (exact) mass is 268 g/mol. The maximum atomic E-state index is 11.8. The van der Waals surface area contributed by atoms with Gasteiger partial charge in [0.05, 0.1) is 4.90 Å². The Morgan fingerprint density at radius 1 is 1.28 bits per heavy atom. The molecule has 0 fully saturated rings. The molecule has 0 aromatic carbocycles. The van der Waals surface area contributed by atoms with Gasteiger partial charge in [0.15, 0.2) is 0 Å². The average Bonchev–Trinajstić information content (AvgIpc) is 2.82. The molecule has 7 nitrogen and oxygen atoms in total. The summed E-state index contributed by atoms with van der Waals surface area (Å²) in [6, 6.07) is 2.43. The molecule has 96 valence electrons. The van der Waals surface area contributed by atoms with Crippen molar-refractivity contribution in [1.29, 1.82) is 0 Å². The van der Waals surface area contributed by atoms with Crippen molar-refractivity contribution >= 4 is 10.0 Å². The standard InChI is InChI=1S/C10H12N4O3S/c15-10-2-1-8(7-13-10)18(16,17)14-4-3-9-11-5-6-12-9/h1-2,5-7,14H,3-4H2,(H,11,12)(H,13,15). The maximum Gasteiger partial charge on any atom is 0.247 e. The van der Waals surface area contributed by atoms with Gasteiger partial charge in [0.25, 0.3) is 0 Å². The highest BCUT2D eigenvalue weighted by Crippen LogP contribution is 2.03. The zero-order chi connectivity index (χ0) is 13.0. The van der Waals surface area contributed by atoms with Gasteiger partial charge in [0, 0.05) is 37.6 Å². The summed E-state index contributed by atoms with van der Waals surface area (Å²) >= 11 is 0. The van der Waals surface area contributed by atoms with Crippen LogP contribution in [0.1, 0.15) is 5.82 Å². The van der Waals surface area contributed by atoms with Crippen LogP contribution in [0, 0.1) is 0 Å². The third kappa shape index (κ3) is 3.05. The third-order valence-electron chi connectivity index (χ3n) is 2.27. The first-order chi connectivity index (χ1) is 8.58. The molecule has 0 unspecified atom stereocenters. The van der Waals surface area contributed by atoms with Gasteiger partial charge < -0.3 is 9.97 Å². The molecule has 0 aliphatic heterocycles. The molecule has 0 bridgehead atoms. The van der Waals surface area contributed by atoms with Gasteiger partial charge in [-0.05, 0) is 6.07 Å². The van der Waals surface area contributed by atoms with Crippen LogP contribution in [0.2, 0.25) is 0 Å². The topological polar surface area (TPSA) is 108 Å². The molecule has 0 radical (unpaired) electrons. The van der Waals surface area contributed by atoms with Crippen molar-refractivity contribution < 1.29 is 8.42 Å². The highest BCUT2D eigenvalue weighted by atomic mass is 32.2. The zero-order valence-corrected chi connectivity index (χ0v) is 10.2. The van der Waals surface area contributed by atoms with Crippen molar-refractivity contribution in [3.63, 3.8) is 0 Å². The fourth-order valence-electron chi connectivity index (χ4n) is 1.39. The average molecular weight is 268 g/mol. The molecule has 0 saturated heterocycles. The van der Waals surface area contributed by atoms with E-state index >= 15 is 0 Å². The lowest BCUT2D eigenvalue weighted by atomic mass is 10.4. The highest BCUT2D eigenvalue weighted by Gasteiger charge is 2.13. The molecule has 18 heavy (non-hydrogen) atoms. The second-order valence-electron chi connectivity index (χ2n) is 3.57. The molecule has 2 rings (SSSR count). The van der Waals surface area contributed by atoms with Gasteiger partial charge in [-0.25, -0.2) is 18.1 Å². The van der Waals surface area contributed by atoms with Crippen LogP contribution in [0.4, 0.5) is 0 Å². The lowest BCUT2D eigenvalue weighted by Crippen LogP contribution is -2.26. The molecule has 2 heterocycles. The molecule has 8 heteroatoms. The Morgan fingerprint density at radius 3 is 2.72 bits per heavy atom. The first-order valence-corrected chi connectivity index (χ1v) is 6.73. The Morgan fingerprint density at radius 2 is 2.11 bits per heavy atom. The van der Waals surface area contributed by atoms with Crippen LogP contribution < -0.4 is 10.3 Å². The van der Waals surface area contributed by atoms with Crippen molar-refractivity contribution in [2.75, 3.05) is 6.54 Å². The summed E-state index contributed by atoms with van der Waals surface area (Å²) in [6.45, 7) is 0.231. The van der Waals surface area contributed by atoms with Gasteiger partial charge in [-0.3, -0.25) is 4.79 Å². The van der Waals surface area contributed by atoms with E-state index < -0.39 is 10.0 Å². The molecule has 3 N–H and O–H groups in total. The Labute approximate surface area is 103 Å². The number of H-pyrrole nitrogens is 2. The largest absolute Gasteiger partial charge is 0.349 e. The second kappa shape index (κ2) is 5.15. The Kier molecular flexibility index (Phi) is 3.58. The number of nitrogens with one attached hydrogen (secondary N) is 3. The number of imidazole rings is 1. The van der Waals surface area contributed by atoms with E-state index in [4.69, 9.17) is 0 Å². The van der Waals surface area contributed by atoms with Crippen LogP contribution in [0.5, 0.6) is 0 Å². The number of rotatable bonds is 5. The Hall–Kier alpha value is -1.93. The molecular weight excluding hydrogens is 256 g/mol. The zero-order valence-electron chi connectivity index (χ0n) is 9.38. The van der Waals surface area contributed by atoms with E-state index in [9.17, 15) is 13.2 Å². The smallest absolute Gasteiger partial charge is 0.247 e. The van der Waals surface area contributed by atoms with Crippen LogP contribution in [-0.2, 0) is 16.4 Å². The molecule has 0 aliphatic rings. The van der Waals surface area contributed by atoms with E-state index in [0.717, 1.165) is 6.20 Å². The van der Waals surface area contributed by atoms with Gasteiger partial charge in [0.1, 0.15) is 5.82 Å². The summed E-state index contributed by atoms with van der Waals surface area (Å²) in [7, 11) is -3.59. The second-order valence-corrected chi connectivity index (χ2v) is 5.34. The Bertz CT molecular complexity index is 640. The van der Waals surface area contributed by atoms with Crippen LogP contribution in [0.25, 0.3) is 0 Å². The van der Waals surface area contributed by atoms with Crippen LogP contribution in [0.15, 0.2) is 40.4 Å². The predicted octanol–water partition coefficient (Wildman–Crippen LogP) is -0.381. The van der Waals surface area contributed by atoms with E-state index in [1.807, 2.05) is 0 Å². The minimum Gasteiger partial charge on any atom is -0.349 e. The minimum absolute atomic E-state index is 0.0292. The lowest BCUT2D eigenvalue weighted by molar-refractivity contribution is 0.580. The lowest BCUT2D eigenvalue weighted by Gasteiger charge is -2.05. The Balaban J connectivity index is 1.99. The summed E-state index contributed by atoms with van der Waals surface area (Å²) < 4.78 is 26.0. The van der Waals surface area contributed by atoms with Gasteiger partial charge in [-0.1, -0.05) is 0 Å². The molecular formula is C10H12N4O3S. The van der Waals surface area contributed by atoms with Crippen molar-refractivity contribution in [2.24, 2.45) is 0 Å². The highest BCUT2D eigenvalue weighted by molar-refractivity contribution is 7.89. The number of aromatic amines is 2. The van der Waals surface area contributed by atoms with Gasteiger partial charge in [-0.15, -0.1) is 0 Å². The molecule has 0 amide bonds. The van der Waals surface area contributed by atoms with Crippen molar-refractivity contribution in [1.82, 2.24) is 19.7 Å². The fraction of sp³-hybridized carbons (Fsp3) is 0.200. The molecule has 2 aromatic rings. The first-order valence-electron chi connectivity index (χ1n) is 5.24. The van der Waals surface area contributed by atoms with E-state index in [1.165, 1.54) is 12.1 Å². The van der Waals surface area contributed by atoms with Gasteiger partial charge >= 0.3 is 0 Å². The number of pyridine rings is 1. The van der Waals surface area contributed by atoms with Crippen molar-refractivity contribution in [2.45, 2.75) is 11.3 Å². The number of aromatic nitrogens is 3. The van der Waals surface area contributed by atoms with Crippen LogP contribution in [0.3, 0.4) is 0 Å². The molecule has 0 aliphatic carbocycles. The number of nitrogens with zero attached hydrogens (tertiary/aromatic N) is 1. The third-order valence-corrected chi connectivity index (χ3v) is 3.73. The summed E-state index contributed by atoms with van der Waals surface area (Å²) in [6.07, 6.45) is 4.91. The summed E-state index contributed by atoms with van der Waals surface area (Å²) in [5.74, 6) is 0.708.